The summed E-state index contributed by atoms with van der Waals surface area (Å²) in [6.07, 6.45) is 1.38. The number of fused-ring (bicyclic) bond motifs is 1. The van der Waals surface area contributed by atoms with Gasteiger partial charge in [-0.2, -0.15) is 0 Å². The molecule has 0 unspecified atom stereocenters. The minimum absolute atomic E-state index is 0.159. The van der Waals surface area contributed by atoms with Crippen molar-refractivity contribution < 1.29 is 4.79 Å². The van der Waals surface area contributed by atoms with E-state index >= 15 is 0 Å². The van der Waals surface area contributed by atoms with Gasteiger partial charge in [0.05, 0.1) is 0 Å². The summed E-state index contributed by atoms with van der Waals surface area (Å²) in [5.41, 5.74) is 3.34. The molecule has 1 atom stereocenters. The van der Waals surface area contributed by atoms with Gasteiger partial charge in [-0.1, -0.05) is 41.9 Å². The number of benzene rings is 2. The summed E-state index contributed by atoms with van der Waals surface area (Å²) >= 11 is 6.16. The van der Waals surface area contributed by atoms with Gasteiger partial charge in [0.15, 0.2) is 0 Å². The van der Waals surface area contributed by atoms with Crippen molar-refractivity contribution in [3.8, 4) is 0 Å². The van der Waals surface area contributed by atoms with Crippen molar-refractivity contribution in [3.05, 3.63) is 64.7 Å². The summed E-state index contributed by atoms with van der Waals surface area (Å²) in [6, 6.07) is 16.1. The normalized spacial score (nSPS) is 18.6. The van der Waals surface area contributed by atoms with Gasteiger partial charge in [0.1, 0.15) is 0 Å². The summed E-state index contributed by atoms with van der Waals surface area (Å²) < 4.78 is 0. The Hall–Kier alpha value is -1.80. The highest BCUT2D eigenvalue weighted by atomic mass is 35.5. The number of hydrogen-bond donors (Lipinski definition) is 0. The van der Waals surface area contributed by atoms with Gasteiger partial charge in [-0.05, 0) is 35.7 Å². The van der Waals surface area contributed by atoms with Crippen LogP contribution in [0.15, 0.2) is 48.5 Å². The first-order valence-electron chi connectivity index (χ1n) is 6.78. The molecule has 2 nitrogen and oxygen atoms in total. The van der Waals surface area contributed by atoms with E-state index in [2.05, 4.69) is 12.1 Å². The van der Waals surface area contributed by atoms with Crippen molar-refractivity contribution in [2.75, 3.05) is 11.9 Å². The second-order valence-corrected chi connectivity index (χ2v) is 5.59. The number of rotatable bonds is 1. The zero-order valence-corrected chi connectivity index (χ0v) is 12.1. The summed E-state index contributed by atoms with van der Waals surface area (Å²) in [5, 5.41) is 0.715. The SMILES string of the molecule is CN1C(=O)CC[C@@H](c2ccccc2)c2cc(Cl)ccc21. The van der Waals surface area contributed by atoms with E-state index in [0.29, 0.717) is 11.4 Å². The van der Waals surface area contributed by atoms with Gasteiger partial charge < -0.3 is 4.90 Å². The van der Waals surface area contributed by atoms with Crippen LogP contribution in [0, 0.1) is 0 Å². The molecular weight excluding hydrogens is 270 g/mol. The first-order chi connectivity index (χ1) is 9.66. The zero-order valence-electron chi connectivity index (χ0n) is 11.3. The smallest absolute Gasteiger partial charge is 0.226 e. The molecule has 1 aliphatic heterocycles. The molecule has 3 rings (SSSR count). The van der Waals surface area contributed by atoms with Crippen LogP contribution in [0.1, 0.15) is 29.9 Å². The van der Waals surface area contributed by atoms with Gasteiger partial charge in [-0.25, -0.2) is 0 Å². The first-order valence-corrected chi connectivity index (χ1v) is 7.15. The highest BCUT2D eigenvalue weighted by Gasteiger charge is 2.26. The zero-order chi connectivity index (χ0) is 14.1. The van der Waals surface area contributed by atoms with Crippen LogP contribution >= 0.6 is 11.6 Å². The van der Waals surface area contributed by atoms with E-state index in [1.807, 2.05) is 43.4 Å². The Bertz CT molecular complexity index is 639. The molecule has 0 bridgehead atoms. The lowest BCUT2D eigenvalue weighted by atomic mass is 9.87. The lowest BCUT2D eigenvalue weighted by Gasteiger charge is -2.21. The van der Waals surface area contributed by atoms with Gasteiger partial charge >= 0.3 is 0 Å². The molecule has 0 saturated carbocycles. The van der Waals surface area contributed by atoms with Gasteiger partial charge in [-0.15, -0.1) is 0 Å². The second-order valence-electron chi connectivity index (χ2n) is 5.16. The molecule has 0 aromatic heterocycles. The van der Waals surface area contributed by atoms with E-state index in [0.717, 1.165) is 17.7 Å². The van der Waals surface area contributed by atoms with Gasteiger partial charge in [-0.3, -0.25) is 4.79 Å². The predicted molar refractivity (Wildman–Crippen MR) is 82.4 cm³/mol. The van der Waals surface area contributed by atoms with E-state index < -0.39 is 0 Å². The average molecular weight is 286 g/mol. The van der Waals surface area contributed by atoms with Crippen molar-refractivity contribution in [2.45, 2.75) is 18.8 Å². The number of hydrogen-bond acceptors (Lipinski definition) is 1. The van der Waals surface area contributed by atoms with E-state index in [9.17, 15) is 4.79 Å². The van der Waals surface area contributed by atoms with Crippen LogP contribution in [0.25, 0.3) is 0 Å². The Morgan fingerprint density at radius 3 is 2.65 bits per heavy atom. The third kappa shape index (κ3) is 2.32. The number of halogens is 1. The lowest BCUT2D eigenvalue weighted by Crippen LogP contribution is -2.24. The quantitative estimate of drug-likeness (QED) is 0.768. The Morgan fingerprint density at radius 1 is 1.15 bits per heavy atom. The maximum atomic E-state index is 12.1. The number of anilines is 1. The van der Waals surface area contributed by atoms with E-state index in [1.54, 1.807) is 4.90 Å². The molecule has 1 heterocycles. The minimum atomic E-state index is 0.159. The van der Waals surface area contributed by atoms with Crippen LogP contribution in [0.2, 0.25) is 5.02 Å². The Kier molecular flexibility index (Phi) is 3.49. The molecule has 0 N–H and O–H groups in total. The van der Waals surface area contributed by atoms with E-state index in [1.165, 1.54) is 5.56 Å². The first kappa shape index (κ1) is 13.2. The maximum Gasteiger partial charge on any atom is 0.226 e. The van der Waals surface area contributed by atoms with Gasteiger partial charge in [0.25, 0.3) is 0 Å². The fourth-order valence-corrected chi connectivity index (χ4v) is 3.05. The third-order valence-corrected chi connectivity index (χ3v) is 4.18. The van der Waals surface area contributed by atoms with Crippen LogP contribution in [0.3, 0.4) is 0 Å². The Labute approximate surface area is 124 Å². The number of nitrogens with zero attached hydrogens (tertiary/aromatic N) is 1. The van der Waals surface area contributed by atoms with Crippen LogP contribution < -0.4 is 4.90 Å². The largest absolute Gasteiger partial charge is 0.315 e. The molecule has 3 heteroatoms. The molecule has 20 heavy (non-hydrogen) atoms. The van der Waals surface area contributed by atoms with E-state index in [-0.39, 0.29) is 11.8 Å². The summed E-state index contributed by atoms with van der Waals surface area (Å²) in [7, 11) is 1.84. The van der Waals surface area contributed by atoms with Crippen LogP contribution in [-0.4, -0.2) is 13.0 Å². The number of carbonyl (C=O) groups is 1. The third-order valence-electron chi connectivity index (χ3n) is 3.95. The van der Waals surface area contributed by atoms with Crippen LogP contribution in [0.4, 0.5) is 5.69 Å². The molecule has 0 spiro atoms. The number of carbonyl (C=O) groups excluding carboxylic acids is 1. The molecule has 0 saturated heterocycles. The standard InChI is InChI=1S/C17H16ClNO/c1-19-16-9-7-13(18)11-15(16)14(8-10-17(19)20)12-5-3-2-4-6-12/h2-7,9,11,14H,8,10H2,1H3/t14-/m0/s1. The fourth-order valence-electron chi connectivity index (χ4n) is 2.87. The van der Waals surface area contributed by atoms with Gasteiger partial charge in [0.2, 0.25) is 5.91 Å². The van der Waals surface area contributed by atoms with Crippen molar-refractivity contribution >= 4 is 23.2 Å². The molecule has 102 valence electrons. The molecule has 0 fully saturated rings. The molecule has 0 aliphatic carbocycles. The Balaban J connectivity index is 2.15. The predicted octanol–water partition coefficient (Wildman–Crippen LogP) is 4.23. The summed E-state index contributed by atoms with van der Waals surface area (Å²) in [6.45, 7) is 0. The van der Waals surface area contributed by atoms with Crippen LogP contribution in [0.5, 0.6) is 0 Å². The molecule has 0 radical (unpaired) electrons. The van der Waals surface area contributed by atoms with Crippen molar-refractivity contribution in [2.24, 2.45) is 0 Å². The molecule has 2 aromatic rings. The minimum Gasteiger partial charge on any atom is -0.315 e. The van der Waals surface area contributed by atoms with Crippen molar-refractivity contribution in [3.63, 3.8) is 0 Å². The average Bonchev–Trinajstić information content (AvgIpc) is 2.58. The highest BCUT2D eigenvalue weighted by Crippen LogP contribution is 2.39. The van der Waals surface area contributed by atoms with E-state index in [4.69, 9.17) is 11.6 Å². The second kappa shape index (κ2) is 5.29. The molecule has 1 aliphatic rings. The molecule has 1 amide bonds. The maximum absolute atomic E-state index is 12.1. The summed E-state index contributed by atoms with van der Waals surface area (Å²) in [4.78, 5) is 13.9. The topological polar surface area (TPSA) is 20.3 Å². The lowest BCUT2D eigenvalue weighted by molar-refractivity contribution is -0.118. The van der Waals surface area contributed by atoms with Crippen molar-refractivity contribution in [1.82, 2.24) is 0 Å². The molecule has 2 aromatic carbocycles. The fraction of sp³-hybridized carbons (Fsp3) is 0.235. The molecular formula is C17H16ClNO. The number of amides is 1. The summed E-state index contributed by atoms with van der Waals surface area (Å²) in [5.74, 6) is 0.380. The van der Waals surface area contributed by atoms with Crippen LogP contribution in [-0.2, 0) is 4.79 Å². The van der Waals surface area contributed by atoms with Gasteiger partial charge in [0, 0.05) is 30.1 Å². The Morgan fingerprint density at radius 2 is 1.90 bits per heavy atom. The highest BCUT2D eigenvalue weighted by molar-refractivity contribution is 6.30. The van der Waals surface area contributed by atoms with Crippen molar-refractivity contribution in [1.29, 1.82) is 0 Å². The monoisotopic (exact) mass is 285 g/mol.